The molecule has 0 saturated carbocycles. The van der Waals surface area contributed by atoms with Gasteiger partial charge in [0.25, 0.3) is 5.91 Å². The Morgan fingerprint density at radius 2 is 2.36 bits per heavy atom. The van der Waals surface area contributed by atoms with E-state index >= 15 is 0 Å². The van der Waals surface area contributed by atoms with Crippen LogP contribution >= 0.6 is 11.3 Å². The van der Waals surface area contributed by atoms with E-state index in [1.165, 1.54) is 6.92 Å². The largest absolute Gasteiger partial charge is 0.375 e. The molecule has 1 heterocycles. The molecule has 0 aliphatic heterocycles. The van der Waals surface area contributed by atoms with Crippen LogP contribution in [-0.2, 0) is 9.59 Å². The fraction of sp³-hybridized carbons (Fsp3) is 0.286. The number of thiazole rings is 1. The van der Waals surface area contributed by atoms with Crippen LogP contribution in [0.2, 0.25) is 0 Å². The van der Waals surface area contributed by atoms with Crippen molar-refractivity contribution in [1.82, 2.24) is 16.0 Å². The molecule has 0 spiro atoms. The van der Waals surface area contributed by atoms with Crippen LogP contribution in [-0.4, -0.2) is 16.8 Å². The highest BCUT2D eigenvalue weighted by Gasteiger charge is 2.21. The second-order valence-electron chi connectivity index (χ2n) is 2.61. The zero-order chi connectivity index (χ0) is 10.7. The Balaban J connectivity index is 2.88. The minimum absolute atomic E-state index is 0.302. The first-order chi connectivity index (χ1) is 6.50. The quantitative estimate of drug-likeness (QED) is 0.719. The predicted molar refractivity (Wildman–Crippen MR) is 51.2 cm³/mol. The molecule has 0 aliphatic carbocycles. The Morgan fingerprint density at radius 1 is 1.71 bits per heavy atom. The molecule has 2 amide bonds. The van der Waals surface area contributed by atoms with Crippen LogP contribution in [0.1, 0.15) is 18.7 Å². The number of aromatic nitrogens is 1. The lowest BCUT2D eigenvalue weighted by molar-refractivity contribution is -0.126. The number of nitrogen functional groups attached to an aromatic ring is 1. The summed E-state index contributed by atoms with van der Waals surface area (Å²) in [6.45, 7) is 1.27. The average Bonchev–Trinajstić information content (AvgIpc) is 2.46. The summed E-state index contributed by atoms with van der Waals surface area (Å²) in [5.74, 6) is -1.30. The maximum Gasteiger partial charge on any atom is 0.267 e. The first-order valence-electron chi connectivity index (χ1n) is 3.74. The van der Waals surface area contributed by atoms with Crippen LogP contribution in [0.4, 0.5) is 5.13 Å². The highest BCUT2D eigenvalue weighted by molar-refractivity contribution is 7.13. The molecule has 1 aromatic rings. The monoisotopic (exact) mass is 213 g/mol. The fourth-order valence-electron chi connectivity index (χ4n) is 0.910. The van der Waals surface area contributed by atoms with Crippen molar-refractivity contribution < 1.29 is 9.59 Å². The Labute approximate surface area is 84.3 Å². The molecule has 75 valence electrons. The van der Waals surface area contributed by atoms with Gasteiger partial charge in [-0.1, -0.05) is 0 Å². The first-order valence-corrected chi connectivity index (χ1v) is 4.62. The summed E-state index contributed by atoms with van der Waals surface area (Å²) in [7, 11) is 0. The summed E-state index contributed by atoms with van der Waals surface area (Å²) in [4.78, 5) is 25.4. The van der Waals surface area contributed by atoms with E-state index in [0.717, 1.165) is 11.3 Å². The molecule has 7 heteroatoms. The number of rotatable bonds is 3. The zero-order valence-corrected chi connectivity index (χ0v) is 8.22. The van der Waals surface area contributed by atoms with E-state index in [0.29, 0.717) is 10.8 Å². The molecule has 0 aliphatic rings. The summed E-state index contributed by atoms with van der Waals surface area (Å²) >= 11 is 1.16. The third kappa shape index (κ3) is 2.43. The molecular weight excluding hydrogens is 204 g/mol. The van der Waals surface area contributed by atoms with Crippen molar-refractivity contribution in [3.8, 4) is 0 Å². The summed E-state index contributed by atoms with van der Waals surface area (Å²) < 4.78 is 0. The van der Waals surface area contributed by atoms with Crippen molar-refractivity contribution in [1.29, 1.82) is 0 Å². The molecule has 0 aromatic carbocycles. The molecule has 4 N–H and O–H groups in total. The smallest absolute Gasteiger partial charge is 0.267 e. The maximum absolute atomic E-state index is 10.9. The number of anilines is 1. The van der Waals surface area contributed by atoms with E-state index < -0.39 is 11.9 Å². The number of hydrogen-bond donors (Lipinski definition) is 2. The van der Waals surface area contributed by atoms with E-state index in [1.54, 1.807) is 5.38 Å². The second kappa shape index (κ2) is 4.05. The van der Waals surface area contributed by atoms with Gasteiger partial charge in [0.2, 0.25) is 5.91 Å². The molecule has 0 bridgehead atoms. The first kappa shape index (κ1) is 10.5. The van der Waals surface area contributed by atoms with Gasteiger partial charge < -0.3 is 11.1 Å². The van der Waals surface area contributed by atoms with Gasteiger partial charge in [0, 0.05) is 12.3 Å². The third-order valence-electron chi connectivity index (χ3n) is 1.45. The van der Waals surface area contributed by atoms with Crippen LogP contribution in [0.15, 0.2) is 5.38 Å². The van der Waals surface area contributed by atoms with Crippen LogP contribution in [0, 0.1) is 0 Å². The minimum atomic E-state index is -1.01. The molecule has 1 radical (unpaired) electrons. The minimum Gasteiger partial charge on any atom is -0.375 e. The number of nitrogens with zero attached hydrogens (tertiary/aromatic N) is 1. The van der Waals surface area contributed by atoms with E-state index in [4.69, 9.17) is 11.5 Å². The Morgan fingerprint density at radius 3 is 2.71 bits per heavy atom. The van der Waals surface area contributed by atoms with Gasteiger partial charge in [-0.3, -0.25) is 15.3 Å². The summed E-state index contributed by atoms with van der Waals surface area (Å²) in [6.07, 6.45) is 0. The standard InChI is InChI=1S/C7H9N4O2S/c1-3(12)10-5(6(8)13)4-2-14-7(9)11-4/h2,5,8H,1H3,(H2,9,11)(H,10,12). The van der Waals surface area contributed by atoms with Gasteiger partial charge in [-0.05, 0) is 0 Å². The summed E-state index contributed by atoms with van der Waals surface area (Å²) in [5.41, 5.74) is 12.6. The predicted octanol–water partition coefficient (Wildman–Crippen LogP) is -0.288. The van der Waals surface area contributed by atoms with Crippen molar-refractivity contribution in [2.24, 2.45) is 0 Å². The van der Waals surface area contributed by atoms with Gasteiger partial charge in [0.05, 0.1) is 5.69 Å². The normalized spacial score (nSPS) is 12.1. The Kier molecular flexibility index (Phi) is 3.03. The molecule has 0 fully saturated rings. The van der Waals surface area contributed by atoms with Crippen LogP contribution in [0.3, 0.4) is 0 Å². The Bertz CT molecular complexity index is 362. The van der Waals surface area contributed by atoms with Crippen LogP contribution in [0.5, 0.6) is 0 Å². The average molecular weight is 213 g/mol. The molecule has 1 atom stereocenters. The lowest BCUT2D eigenvalue weighted by Crippen LogP contribution is -2.32. The molecule has 1 unspecified atom stereocenters. The molecule has 0 saturated heterocycles. The summed E-state index contributed by atoms with van der Waals surface area (Å²) in [5, 5.41) is 4.17. The Hall–Kier alpha value is -1.63. The lowest BCUT2D eigenvalue weighted by Gasteiger charge is -2.10. The van der Waals surface area contributed by atoms with Crippen molar-refractivity contribution in [2.75, 3.05) is 5.73 Å². The molecule has 1 aromatic heterocycles. The van der Waals surface area contributed by atoms with Crippen molar-refractivity contribution in [3.05, 3.63) is 11.1 Å². The van der Waals surface area contributed by atoms with Crippen LogP contribution in [0.25, 0.3) is 0 Å². The van der Waals surface area contributed by atoms with Gasteiger partial charge in [-0.15, -0.1) is 11.3 Å². The van der Waals surface area contributed by atoms with Crippen molar-refractivity contribution in [3.63, 3.8) is 0 Å². The van der Waals surface area contributed by atoms with Gasteiger partial charge in [-0.25, -0.2) is 4.98 Å². The van der Waals surface area contributed by atoms with Gasteiger partial charge in [0.15, 0.2) is 11.2 Å². The third-order valence-corrected chi connectivity index (χ3v) is 2.14. The SMILES string of the molecule is CC(=O)NC(C([NH])=O)c1csc(N)n1. The lowest BCUT2D eigenvalue weighted by atomic mass is 10.2. The second-order valence-corrected chi connectivity index (χ2v) is 3.50. The van der Waals surface area contributed by atoms with E-state index in [9.17, 15) is 9.59 Å². The van der Waals surface area contributed by atoms with Gasteiger partial charge in [0.1, 0.15) is 0 Å². The van der Waals surface area contributed by atoms with E-state index in [-0.39, 0.29) is 5.91 Å². The van der Waals surface area contributed by atoms with Gasteiger partial charge in [-0.2, -0.15) is 0 Å². The highest BCUT2D eigenvalue weighted by Crippen LogP contribution is 2.18. The number of nitrogens with one attached hydrogen (secondary N) is 2. The molecule has 14 heavy (non-hydrogen) atoms. The van der Waals surface area contributed by atoms with Crippen molar-refractivity contribution in [2.45, 2.75) is 13.0 Å². The number of carbonyl (C=O) groups excluding carboxylic acids is 2. The number of nitrogens with two attached hydrogens (primary N) is 1. The van der Waals surface area contributed by atoms with Gasteiger partial charge >= 0.3 is 0 Å². The van der Waals surface area contributed by atoms with Crippen molar-refractivity contribution >= 4 is 28.3 Å². The number of hydrogen-bond acceptors (Lipinski definition) is 5. The molecular formula is C7H9N4O2S. The molecule has 6 nitrogen and oxygen atoms in total. The zero-order valence-electron chi connectivity index (χ0n) is 7.40. The van der Waals surface area contributed by atoms with E-state index in [1.807, 2.05) is 0 Å². The topological polar surface area (TPSA) is 109 Å². The van der Waals surface area contributed by atoms with Crippen LogP contribution < -0.4 is 16.8 Å². The summed E-state index contributed by atoms with van der Waals surface area (Å²) in [6, 6.07) is -1.01. The highest BCUT2D eigenvalue weighted by atomic mass is 32.1. The fourth-order valence-corrected chi connectivity index (χ4v) is 1.50. The number of carbonyl (C=O) groups is 2. The number of amides is 2. The van der Waals surface area contributed by atoms with E-state index in [2.05, 4.69) is 10.3 Å². The molecule has 1 rings (SSSR count). The maximum atomic E-state index is 10.9.